The van der Waals surface area contributed by atoms with Crippen molar-refractivity contribution in [2.75, 3.05) is 25.3 Å². The number of anilines is 1. The van der Waals surface area contributed by atoms with Crippen molar-refractivity contribution in [1.82, 2.24) is 0 Å². The van der Waals surface area contributed by atoms with Gasteiger partial charge in [0.25, 0.3) is 5.69 Å². The summed E-state index contributed by atoms with van der Waals surface area (Å²) >= 11 is 1.63. The van der Waals surface area contributed by atoms with E-state index in [0.29, 0.717) is 5.69 Å². The molecule has 0 heterocycles. The molecule has 2 aromatic rings. The van der Waals surface area contributed by atoms with Gasteiger partial charge in [0.1, 0.15) is 12.3 Å². The second-order valence-corrected chi connectivity index (χ2v) is 6.16. The summed E-state index contributed by atoms with van der Waals surface area (Å²) in [6.45, 7) is 0.122. The molecule has 0 saturated carbocycles. The normalized spacial score (nSPS) is 10.3. The third-order valence-corrected chi connectivity index (χ3v) is 4.16. The SMILES string of the molecule is CSc1ccc(COC(=O)c2ccc(N(C)C)c([N+](=O)[O-])c2)cc1. The molecule has 2 aromatic carbocycles. The van der Waals surface area contributed by atoms with Gasteiger partial charge in [-0.2, -0.15) is 0 Å². The van der Waals surface area contributed by atoms with E-state index in [2.05, 4.69) is 0 Å². The number of hydrogen-bond acceptors (Lipinski definition) is 6. The fourth-order valence-electron chi connectivity index (χ4n) is 2.13. The fourth-order valence-corrected chi connectivity index (χ4v) is 2.54. The lowest BCUT2D eigenvalue weighted by atomic mass is 10.1. The molecule has 0 aliphatic rings. The van der Waals surface area contributed by atoms with Crippen LogP contribution in [0.3, 0.4) is 0 Å². The summed E-state index contributed by atoms with van der Waals surface area (Å²) in [4.78, 5) is 25.5. The molecule has 0 aliphatic carbocycles. The minimum atomic E-state index is -0.586. The van der Waals surface area contributed by atoms with Crippen molar-refractivity contribution in [2.24, 2.45) is 0 Å². The Hall–Kier alpha value is -2.54. The monoisotopic (exact) mass is 346 g/mol. The van der Waals surface area contributed by atoms with Crippen LogP contribution in [0.2, 0.25) is 0 Å². The summed E-state index contributed by atoms with van der Waals surface area (Å²) in [5.74, 6) is -0.586. The number of rotatable bonds is 6. The first kappa shape index (κ1) is 17.8. The van der Waals surface area contributed by atoms with Crippen LogP contribution in [0.1, 0.15) is 15.9 Å². The minimum Gasteiger partial charge on any atom is -0.457 e. The number of carbonyl (C=O) groups is 1. The predicted molar refractivity (Wildman–Crippen MR) is 94.8 cm³/mol. The van der Waals surface area contributed by atoms with E-state index in [1.165, 1.54) is 12.1 Å². The van der Waals surface area contributed by atoms with E-state index >= 15 is 0 Å². The first-order chi connectivity index (χ1) is 11.4. The largest absolute Gasteiger partial charge is 0.457 e. The average Bonchev–Trinajstić information content (AvgIpc) is 2.59. The fraction of sp³-hybridized carbons (Fsp3) is 0.235. The van der Waals surface area contributed by atoms with Gasteiger partial charge in [-0.05, 0) is 36.1 Å². The molecule has 126 valence electrons. The number of thioether (sulfide) groups is 1. The Labute approximate surface area is 144 Å². The Morgan fingerprint density at radius 3 is 2.42 bits per heavy atom. The van der Waals surface area contributed by atoms with Crippen LogP contribution in [0.25, 0.3) is 0 Å². The number of nitrogens with zero attached hydrogens (tertiary/aromatic N) is 2. The molecule has 2 rings (SSSR count). The van der Waals surface area contributed by atoms with Crippen molar-refractivity contribution in [2.45, 2.75) is 11.5 Å². The quantitative estimate of drug-likeness (QED) is 0.343. The molecule has 0 bridgehead atoms. The topological polar surface area (TPSA) is 72.7 Å². The van der Waals surface area contributed by atoms with E-state index in [1.54, 1.807) is 36.8 Å². The standard InChI is InChI=1S/C17H18N2O4S/c1-18(2)15-9-6-13(10-16(15)19(21)22)17(20)23-11-12-4-7-14(24-3)8-5-12/h4-10H,11H2,1-3H3. The summed E-state index contributed by atoms with van der Waals surface area (Å²) in [5, 5.41) is 11.2. The maximum atomic E-state index is 12.1. The zero-order valence-electron chi connectivity index (χ0n) is 13.7. The highest BCUT2D eigenvalue weighted by Gasteiger charge is 2.19. The maximum absolute atomic E-state index is 12.1. The zero-order chi connectivity index (χ0) is 17.7. The third kappa shape index (κ3) is 4.26. The molecule has 0 saturated heterocycles. The van der Waals surface area contributed by atoms with Crippen molar-refractivity contribution in [3.05, 3.63) is 63.7 Å². The van der Waals surface area contributed by atoms with Gasteiger partial charge >= 0.3 is 5.97 Å². The second kappa shape index (κ2) is 7.83. The van der Waals surface area contributed by atoms with E-state index in [9.17, 15) is 14.9 Å². The number of hydrogen-bond donors (Lipinski definition) is 0. The van der Waals surface area contributed by atoms with Crippen molar-refractivity contribution < 1.29 is 14.5 Å². The number of ether oxygens (including phenoxy) is 1. The number of carbonyl (C=O) groups excluding carboxylic acids is 1. The molecule has 0 unspecified atom stereocenters. The molecule has 0 spiro atoms. The summed E-state index contributed by atoms with van der Waals surface area (Å²) in [6.07, 6.45) is 1.99. The first-order valence-electron chi connectivity index (χ1n) is 7.18. The molecule has 0 atom stereocenters. The number of nitro benzene ring substituents is 1. The molecule has 0 radical (unpaired) electrons. The summed E-state index contributed by atoms with van der Waals surface area (Å²) < 4.78 is 5.24. The van der Waals surface area contributed by atoms with Gasteiger partial charge in [0.2, 0.25) is 0 Å². The van der Waals surface area contributed by atoms with Gasteiger partial charge in [0.05, 0.1) is 10.5 Å². The van der Waals surface area contributed by atoms with Gasteiger partial charge in [0, 0.05) is 25.1 Å². The van der Waals surface area contributed by atoms with E-state index in [1.807, 2.05) is 30.5 Å². The molecule has 0 aliphatic heterocycles. The Bertz CT molecular complexity index is 745. The van der Waals surface area contributed by atoms with Crippen molar-refractivity contribution >= 4 is 29.1 Å². The first-order valence-corrected chi connectivity index (χ1v) is 8.40. The smallest absolute Gasteiger partial charge is 0.338 e. The van der Waals surface area contributed by atoms with Crippen molar-refractivity contribution in [1.29, 1.82) is 0 Å². The van der Waals surface area contributed by atoms with Crippen LogP contribution in [-0.4, -0.2) is 31.2 Å². The maximum Gasteiger partial charge on any atom is 0.338 e. The lowest BCUT2D eigenvalue weighted by Crippen LogP contribution is -2.12. The van der Waals surface area contributed by atoms with E-state index < -0.39 is 10.9 Å². The molecule has 0 N–H and O–H groups in total. The van der Waals surface area contributed by atoms with Crippen LogP contribution in [0.15, 0.2) is 47.4 Å². The van der Waals surface area contributed by atoms with Gasteiger partial charge in [0.15, 0.2) is 0 Å². The van der Waals surface area contributed by atoms with E-state index in [0.717, 1.165) is 10.5 Å². The van der Waals surface area contributed by atoms with Crippen LogP contribution in [-0.2, 0) is 11.3 Å². The molecule has 0 amide bonds. The van der Waals surface area contributed by atoms with E-state index in [4.69, 9.17) is 4.74 Å². The van der Waals surface area contributed by atoms with Crippen LogP contribution in [0.5, 0.6) is 0 Å². The summed E-state index contributed by atoms with van der Waals surface area (Å²) in [7, 11) is 3.41. The highest BCUT2D eigenvalue weighted by Crippen LogP contribution is 2.28. The Kier molecular flexibility index (Phi) is 5.81. The molecule has 6 nitrogen and oxygen atoms in total. The number of benzene rings is 2. The van der Waals surface area contributed by atoms with Gasteiger partial charge in [-0.25, -0.2) is 4.79 Å². The minimum absolute atomic E-state index is 0.122. The average molecular weight is 346 g/mol. The van der Waals surface area contributed by atoms with Crippen LogP contribution < -0.4 is 4.90 Å². The van der Waals surface area contributed by atoms with Crippen LogP contribution in [0.4, 0.5) is 11.4 Å². The molecular formula is C17H18N2O4S. The molecule has 0 fully saturated rings. The van der Waals surface area contributed by atoms with Gasteiger partial charge in [-0.3, -0.25) is 10.1 Å². The Balaban J connectivity index is 2.11. The second-order valence-electron chi connectivity index (χ2n) is 5.28. The molecular weight excluding hydrogens is 328 g/mol. The molecule has 0 aromatic heterocycles. The number of esters is 1. The summed E-state index contributed by atoms with van der Waals surface area (Å²) in [5.41, 5.74) is 1.33. The van der Waals surface area contributed by atoms with Crippen molar-refractivity contribution in [3.63, 3.8) is 0 Å². The molecule has 24 heavy (non-hydrogen) atoms. The Morgan fingerprint density at radius 2 is 1.88 bits per heavy atom. The van der Waals surface area contributed by atoms with Crippen LogP contribution in [0, 0.1) is 10.1 Å². The predicted octanol–water partition coefficient (Wildman–Crippen LogP) is 3.74. The number of nitro groups is 1. The van der Waals surface area contributed by atoms with Gasteiger partial charge in [-0.15, -0.1) is 11.8 Å². The van der Waals surface area contributed by atoms with Gasteiger partial charge in [-0.1, -0.05) is 12.1 Å². The third-order valence-electron chi connectivity index (χ3n) is 3.42. The van der Waals surface area contributed by atoms with Gasteiger partial charge < -0.3 is 9.64 Å². The Morgan fingerprint density at radius 1 is 1.21 bits per heavy atom. The van der Waals surface area contributed by atoms with E-state index in [-0.39, 0.29) is 17.9 Å². The lowest BCUT2D eigenvalue weighted by molar-refractivity contribution is -0.384. The summed E-state index contributed by atoms with van der Waals surface area (Å²) in [6, 6.07) is 12.0. The highest BCUT2D eigenvalue weighted by atomic mass is 32.2. The van der Waals surface area contributed by atoms with Crippen molar-refractivity contribution in [3.8, 4) is 0 Å². The molecule has 7 heteroatoms. The zero-order valence-corrected chi connectivity index (χ0v) is 14.5. The highest BCUT2D eigenvalue weighted by molar-refractivity contribution is 7.98. The lowest BCUT2D eigenvalue weighted by Gasteiger charge is -2.13. The van der Waals surface area contributed by atoms with Crippen LogP contribution >= 0.6 is 11.8 Å².